The van der Waals surface area contributed by atoms with E-state index in [1.54, 1.807) is 29.5 Å². The minimum absolute atomic E-state index is 0.133. The molecular weight excluding hydrogens is 289 g/mol. The van der Waals surface area contributed by atoms with Crippen molar-refractivity contribution in [3.8, 4) is 5.75 Å². The van der Waals surface area contributed by atoms with E-state index in [2.05, 4.69) is 0 Å². The molecule has 2 rings (SSSR count). The van der Waals surface area contributed by atoms with Crippen LogP contribution >= 0.6 is 34.5 Å². The maximum absolute atomic E-state index is 6.09. The summed E-state index contributed by atoms with van der Waals surface area (Å²) in [5.41, 5.74) is 7.02. The molecule has 2 aromatic rings. The zero-order chi connectivity index (χ0) is 13.1. The van der Waals surface area contributed by atoms with Gasteiger partial charge in [-0.15, -0.1) is 0 Å². The average Bonchev–Trinajstić information content (AvgIpc) is 2.80. The van der Waals surface area contributed by atoms with Gasteiger partial charge >= 0.3 is 0 Å². The highest BCUT2D eigenvalue weighted by molar-refractivity contribution is 7.07. The van der Waals surface area contributed by atoms with Crippen molar-refractivity contribution in [2.24, 2.45) is 5.73 Å². The summed E-state index contributed by atoms with van der Waals surface area (Å²) in [5, 5.41) is 5.10. The Morgan fingerprint density at radius 1 is 1.28 bits per heavy atom. The van der Waals surface area contributed by atoms with E-state index in [1.807, 2.05) is 23.8 Å². The zero-order valence-corrected chi connectivity index (χ0v) is 12.1. The van der Waals surface area contributed by atoms with Gasteiger partial charge in [0.25, 0.3) is 0 Å². The third kappa shape index (κ3) is 3.18. The Morgan fingerprint density at radius 2 is 2.06 bits per heavy atom. The van der Waals surface area contributed by atoms with Gasteiger partial charge in [0.1, 0.15) is 11.9 Å². The first-order valence-electron chi connectivity index (χ1n) is 5.47. The normalized spacial score (nSPS) is 14.2. The van der Waals surface area contributed by atoms with Crippen molar-refractivity contribution < 1.29 is 4.74 Å². The molecule has 2 unspecified atom stereocenters. The molecular formula is C13H13Cl2NOS. The molecule has 2 atom stereocenters. The van der Waals surface area contributed by atoms with E-state index in [4.69, 9.17) is 33.7 Å². The van der Waals surface area contributed by atoms with Crippen LogP contribution in [0.1, 0.15) is 18.6 Å². The molecule has 0 radical (unpaired) electrons. The first kappa shape index (κ1) is 13.7. The van der Waals surface area contributed by atoms with Crippen LogP contribution in [-0.2, 0) is 0 Å². The molecule has 0 bridgehead atoms. The monoisotopic (exact) mass is 301 g/mol. The van der Waals surface area contributed by atoms with Gasteiger partial charge in [-0.1, -0.05) is 23.2 Å². The second-order valence-electron chi connectivity index (χ2n) is 4.03. The predicted molar refractivity (Wildman–Crippen MR) is 77.8 cm³/mol. The molecule has 0 fully saturated rings. The number of halogens is 2. The summed E-state index contributed by atoms with van der Waals surface area (Å²) in [4.78, 5) is 0. The Hall–Kier alpha value is -0.740. The fourth-order valence-corrected chi connectivity index (χ4v) is 2.76. The van der Waals surface area contributed by atoms with Gasteiger partial charge in [0.2, 0.25) is 0 Å². The highest BCUT2D eigenvalue weighted by Crippen LogP contribution is 2.32. The number of benzene rings is 1. The largest absolute Gasteiger partial charge is 0.483 e. The fraction of sp³-hybridized carbons (Fsp3) is 0.231. The van der Waals surface area contributed by atoms with Crippen molar-refractivity contribution in [3.63, 3.8) is 0 Å². The third-order valence-corrected chi connectivity index (χ3v) is 3.73. The molecule has 1 aromatic carbocycles. The van der Waals surface area contributed by atoms with E-state index in [9.17, 15) is 0 Å². The summed E-state index contributed by atoms with van der Waals surface area (Å²) in [6.07, 6.45) is -0.213. The van der Waals surface area contributed by atoms with Crippen LogP contribution in [0.2, 0.25) is 10.0 Å². The summed E-state index contributed by atoms with van der Waals surface area (Å²) in [5.74, 6) is 0.592. The molecule has 0 amide bonds. The predicted octanol–water partition coefficient (Wildman–Crippen LogP) is 4.52. The number of hydrogen-bond acceptors (Lipinski definition) is 3. The number of thiophene rings is 1. The van der Waals surface area contributed by atoms with Crippen molar-refractivity contribution in [3.05, 3.63) is 50.6 Å². The van der Waals surface area contributed by atoms with E-state index in [0.717, 1.165) is 5.56 Å². The molecule has 96 valence electrons. The molecule has 0 aliphatic rings. The van der Waals surface area contributed by atoms with Crippen LogP contribution in [-0.4, -0.2) is 6.04 Å². The van der Waals surface area contributed by atoms with Gasteiger partial charge in [-0.2, -0.15) is 11.3 Å². The van der Waals surface area contributed by atoms with E-state index >= 15 is 0 Å². The van der Waals surface area contributed by atoms with Crippen LogP contribution in [0, 0.1) is 0 Å². The SMILES string of the molecule is CC(N)C(Oc1ccc(Cl)cc1Cl)c1ccsc1. The molecule has 1 heterocycles. The van der Waals surface area contributed by atoms with Crippen molar-refractivity contribution in [1.82, 2.24) is 0 Å². The van der Waals surface area contributed by atoms with Crippen molar-refractivity contribution in [2.75, 3.05) is 0 Å². The molecule has 18 heavy (non-hydrogen) atoms. The van der Waals surface area contributed by atoms with Gasteiger partial charge in [-0.25, -0.2) is 0 Å². The van der Waals surface area contributed by atoms with Gasteiger partial charge < -0.3 is 10.5 Å². The number of nitrogens with two attached hydrogens (primary N) is 1. The standard InChI is InChI=1S/C13H13Cl2NOS/c1-8(16)13(9-4-5-18-7-9)17-12-3-2-10(14)6-11(12)15/h2-8,13H,16H2,1H3. The number of ether oxygens (including phenoxy) is 1. The zero-order valence-electron chi connectivity index (χ0n) is 9.77. The minimum atomic E-state index is -0.213. The highest BCUT2D eigenvalue weighted by atomic mass is 35.5. The fourth-order valence-electron chi connectivity index (χ4n) is 1.62. The minimum Gasteiger partial charge on any atom is -0.483 e. The maximum atomic E-state index is 6.09. The number of hydrogen-bond donors (Lipinski definition) is 1. The summed E-state index contributed by atoms with van der Waals surface area (Å²) >= 11 is 13.6. The Kier molecular flexibility index (Phi) is 4.51. The Bertz CT molecular complexity index is 514. The van der Waals surface area contributed by atoms with Gasteiger partial charge in [0, 0.05) is 16.6 Å². The summed E-state index contributed by atoms with van der Waals surface area (Å²) in [7, 11) is 0. The van der Waals surface area contributed by atoms with E-state index < -0.39 is 0 Å². The van der Waals surface area contributed by atoms with Crippen molar-refractivity contribution in [2.45, 2.75) is 19.1 Å². The van der Waals surface area contributed by atoms with Crippen LogP contribution in [0.4, 0.5) is 0 Å². The van der Waals surface area contributed by atoms with Crippen LogP contribution < -0.4 is 10.5 Å². The Balaban J connectivity index is 2.24. The molecule has 0 aliphatic carbocycles. The van der Waals surface area contributed by atoms with Gasteiger partial charge in [0.15, 0.2) is 0 Å². The van der Waals surface area contributed by atoms with Gasteiger partial charge in [0.05, 0.1) is 5.02 Å². The third-order valence-electron chi connectivity index (χ3n) is 2.50. The molecule has 1 aromatic heterocycles. The summed E-state index contributed by atoms with van der Waals surface area (Å²) in [6, 6.07) is 7.03. The summed E-state index contributed by atoms with van der Waals surface area (Å²) in [6.45, 7) is 1.91. The van der Waals surface area contributed by atoms with Crippen LogP contribution in [0.15, 0.2) is 35.0 Å². The Labute approximate surface area is 120 Å². The molecule has 2 nitrogen and oxygen atoms in total. The van der Waals surface area contributed by atoms with Gasteiger partial charge in [-0.3, -0.25) is 0 Å². The molecule has 2 N–H and O–H groups in total. The lowest BCUT2D eigenvalue weighted by Gasteiger charge is -2.22. The van der Waals surface area contributed by atoms with Crippen LogP contribution in [0.25, 0.3) is 0 Å². The lowest BCUT2D eigenvalue weighted by atomic mass is 10.1. The average molecular weight is 302 g/mol. The first-order valence-corrected chi connectivity index (χ1v) is 7.17. The topological polar surface area (TPSA) is 35.2 Å². The molecule has 0 aliphatic heterocycles. The molecule has 5 heteroatoms. The van der Waals surface area contributed by atoms with E-state index in [1.165, 1.54) is 0 Å². The second-order valence-corrected chi connectivity index (χ2v) is 5.65. The first-order chi connectivity index (χ1) is 8.58. The Morgan fingerprint density at radius 3 is 2.61 bits per heavy atom. The highest BCUT2D eigenvalue weighted by Gasteiger charge is 2.19. The van der Waals surface area contributed by atoms with E-state index in [-0.39, 0.29) is 12.1 Å². The smallest absolute Gasteiger partial charge is 0.139 e. The van der Waals surface area contributed by atoms with E-state index in [0.29, 0.717) is 15.8 Å². The quantitative estimate of drug-likeness (QED) is 0.901. The van der Waals surface area contributed by atoms with Crippen LogP contribution in [0.3, 0.4) is 0 Å². The van der Waals surface area contributed by atoms with Crippen molar-refractivity contribution >= 4 is 34.5 Å². The lowest BCUT2D eigenvalue weighted by molar-refractivity contribution is 0.181. The summed E-state index contributed by atoms with van der Waals surface area (Å²) < 4.78 is 5.90. The molecule has 0 saturated carbocycles. The second kappa shape index (κ2) is 5.93. The lowest BCUT2D eigenvalue weighted by Crippen LogP contribution is -2.28. The van der Waals surface area contributed by atoms with Gasteiger partial charge in [-0.05, 0) is 41.9 Å². The molecule has 0 spiro atoms. The molecule has 0 saturated heterocycles. The number of rotatable bonds is 4. The van der Waals surface area contributed by atoms with Crippen molar-refractivity contribution in [1.29, 1.82) is 0 Å². The van der Waals surface area contributed by atoms with Crippen LogP contribution in [0.5, 0.6) is 5.75 Å². The maximum Gasteiger partial charge on any atom is 0.139 e.